The number of hydrogen-bond donors (Lipinski definition) is 4. The van der Waals surface area contributed by atoms with Crippen molar-refractivity contribution in [2.24, 2.45) is 5.92 Å². The van der Waals surface area contributed by atoms with Crippen molar-refractivity contribution in [3.05, 3.63) is 35.5 Å². The highest BCUT2D eigenvalue weighted by atomic mass is 16.4. The second-order valence-corrected chi connectivity index (χ2v) is 6.77. The van der Waals surface area contributed by atoms with E-state index in [1.807, 2.05) is 6.92 Å². The summed E-state index contributed by atoms with van der Waals surface area (Å²) in [6.45, 7) is 12.5. The third-order valence-electron chi connectivity index (χ3n) is 2.98. The quantitative estimate of drug-likeness (QED) is 0.287. The number of ketones is 3. The third kappa shape index (κ3) is 46.8. The number of aliphatic carboxylic acids is 1. The van der Waals surface area contributed by atoms with Crippen LogP contribution in [0.2, 0.25) is 0 Å². The molecule has 0 rings (SSSR count). The molecule has 4 N–H and O–H groups in total. The molecule has 1 unspecified atom stereocenters. The predicted octanol–water partition coefficient (Wildman–Crippen LogP) is 5.40. The van der Waals surface area contributed by atoms with Crippen LogP contribution in [0.3, 0.4) is 0 Å². The number of aliphatic hydroxyl groups excluding tert-OH is 3. The minimum absolute atomic E-state index is 0.0625. The lowest BCUT2D eigenvalue weighted by atomic mass is 10.00. The predicted molar refractivity (Wildman–Crippen MR) is 122 cm³/mol. The van der Waals surface area contributed by atoms with Crippen LogP contribution < -0.4 is 0 Å². The summed E-state index contributed by atoms with van der Waals surface area (Å²) in [7, 11) is 0. The fourth-order valence-electron chi connectivity index (χ4n) is 1.84. The number of rotatable bonds is 8. The molecule has 8 heteroatoms. The van der Waals surface area contributed by atoms with E-state index in [-0.39, 0.29) is 40.5 Å². The molecule has 0 amide bonds. The van der Waals surface area contributed by atoms with Gasteiger partial charge in [0.25, 0.3) is 0 Å². The van der Waals surface area contributed by atoms with Gasteiger partial charge in [-0.3, -0.25) is 19.2 Å². The van der Waals surface area contributed by atoms with Crippen molar-refractivity contribution < 1.29 is 39.6 Å². The molecule has 31 heavy (non-hydrogen) atoms. The van der Waals surface area contributed by atoms with Crippen molar-refractivity contribution in [3.63, 3.8) is 0 Å². The van der Waals surface area contributed by atoms with Crippen LogP contribution in [0.15, 0.2) is 35.5 Å². The van der Waals surface area contributed by atoms with Crippen LogP contribution in [-0.4, -0.2) is 43.7 Å². The van der Waals surface area contributed by atoms with E-state index in [1.54, 1.807) is 0 Å². The van der Waals surface area contributed by atoms with Gasteiger partial charge in [-0.25, -0.2) is 0 Å². The molecule has 0 aliphatic rings. The van der Waals surface area contributed by atoms with Crippen molar-refractivity contribution in [1.82, 2.24) is 0 Å². The highest BCUT2D eigenvalue weighted by Gasteiger charge is 2.12. The molecule has 0 bridgehead atoms. The average Bonchev–Trinajstić information content (AvgIpc) is 2.53. The summed E-state index contributed by atoms with van der Waals surface area (Å²) in [5.41, 5.74) is 0. The largest absolute Gasteiger partial charge is 0.512 e. The number of aliphatic hydroxyl groups is 3. The second-order valence-electron chi connectivity index (χ2n) is 6.77. The number of carboxylic acid groups (broad SMARTS) is 1. The first-order chi connectivity index (χ1) is 14.1. The molecule has 180 valence electrons. The maximum absolute atomic E-state index is 10.4. The molecule has 0 saturated heterocycles. The highest BCUT2D eigenvalue weighted by molar-refractivity contribution is 5.88. The molecular formula is C23H40O8. The molecular weight excluding hydrogens is 404 g/mol. The maximum Gasteiger partial charge on any atom is 0.306 e. The van der Waals surface area contributed by atoms with Gasteiger partial charge in [-0.15, -0.1) is 0 Å². The summed E-state index contributed by atoms with van der Waals surface area (Å²) < 4.78 is 0. The van der Waals surface area contributed by atoms with Gasteiger partial charge in [-0.1, -0.05) is 26.7 Å². The van der Waals surface area contributed by atoms with E-state index in [1.165, 1.54) is 59.8 Å². The molecule has 0 aliphatic carbocycles. The summed E-state index contributed by atoms with van der Waals surface area (Å²) in [6.07, 6.45) is 7.21. The summed E-state index contributed by atoms with van der Waals surface area (Å²) in [4.78, 5) is 40.5. The van der Waals surface area contributed by atoms with E-state index >= 15 is 0 Å². The molecule has 8 nitrogen and oxygen atoms in total. The summed E-state index contributed by atoms with van der Waals surface area (Å²) in [5, 5.41) is 33.7. The van der Waals surface area contributed by atoms with E-state index in [4.69, 9.17) is 20.4 Å². The zero-order valence-corrected chi connectivity index (χ0v) is 20.1. The van der Waals surface area contributed by atoms with Crippen molar-refractivity contribution in [1.29, 1.82) is 0 Å². The van der Waals surface area contributed by atoms with Crippen LogP contribution in [0, 0.1) is 5.92 Å². The minimum atomic E-state index is -0.643. The number of carbonyl (C=O) groups excluding carboxylic acids is 3. The lowest BCUT2D eigenvalue weighted by Crippen LogP contribution is -2.11. The molecule has 0 spiro atoms. The summed E-state index contributed by atoms with van der Waals surface area (Å²) in [6, 6.07) is 0. The van der Waals surface area contributed by atoms with Crippen LogP contribution >= 0.6 is 0 Å². The van der Waals surface area contributed by atoms with E-state index in [2.05, 4.69) is 6.92 Å². The van der Waals surface area contributed by atoms with Gasteiger partial charge in [-0.05, 0) is 54.4 Å². The monoisotopic (exact) mass is 444 g/mol. The normalized spacial score (nSPS) is 11.9. The van der Waals surface area contributed by atoms with Gasteiger partial charge in [0, 0.05) is 18.2 Å². The molecule has 0 saturated carbocycles. The van der Waals surface area contributed by atoms with Gasteiger partial charge in [0.15, 0.2) is 17.3 Å². The Balaban J connectivity index is -0.000000159. The lowest BCUT2D eigenvalue weighted by Gasteiger charge is -2.06. The molecule has 0 radical (unpaired) electrons. The minimum Gasteiger partial charge on any atom is -0.512 e. The fourth-order valence-corrected chi connectivity index (χ4v) is 1.84. The first-order valence-electron chi connectivity index (χ1n) is 9.96. The van der Waals surface area contributed by atoms with Crippen molar-refractivity contribution in [2.75, 3.05) is 0 Å². The van der Waals surface area contributed by atoms with Crippen molar-refractivity contribution in [3.8, 4) is 0 Å². The first-order valence-corrected chi connectivity index (χ1v) is 9.96. The molecule has 0 fully saturated rings. The Morgan fingerprint density at radius 2 is 0.935 bits per heavy atom. The number of carbonyl (C=O) groups is 4. The Bertz CT molecular complexity index is 549. The van der Waals surface area contributed by atoms with E-state index < -0.39 is 5.97 Å². The number of allylic oxidation sites excluding steroid dienone is 6. The Morgan fingerprint density at radius 1 is 0.645 bits per heavy atom. The Kier molecular flexibility index (Phi) is 26.8. The van der Waals surface area contributed by atoms with E-state index in [0.29, 0.717) is 0 Å². The van der Waals surface area contributed by atoms with Gasteiger partial charge in [0.2, 0.25) is 0 Å². The van der Waals surface area contributed by atoms with Gasteiger partial charge in [0.1, 0.15) is 0 Å². The van der Waals surface area contributed by atoms with Crippen LogP contribution in [0.1, 0.15) is 81.1 Å². The number of hydrogen-bond acceptors (Lipinski definition) is 7. The highest BCUT2D eigenvalue weighted by Crippen LogP contribution is 2.11. The van der Waals surface area contributed by atoms with Crippen molar-refractivity contribution >= 4 is 23.3 Å². The topological polar surface area (TPSA) is 149 Å². The van der Waals surface area contributed by atoms with E-state index in [0.717, 1.165) is 25.7 Å². The van der Waals surface area contributed by atoms with E-state index in [9.17, 15) is 19.2 Å². The standard InChI is InChI=1S/C8H16O2.3C5H8O2/c1-3-5-6-7(4-2)8(9)10;3*1-4(6)3-5(2)7/h7H,3-6H2,1-2H3,(H,9,10);3*3,6H,1-2H3/b;3*4-3-. The Labute approximate surface area is 186 Å². The smallest absolute Gasteiger partial charge is 0.306 e. The number of unbranched alkanes of at least 4 members (excludes halogenated alkanes) is 1. The summed E-state index contributed by atoms with van der Waals surface area (Å²) in [5.74, 6) is -0.941. The SMILES string of the molecule is CC(=O)/C=C(/C)O.CC(=O)/C=C(/C)O.CC(=O)/C=C(/C)O.CCCCC(CC)C(=O)O. The third-order valence-corrected chi connectivity index (χ3v) is 2.98. The van der Waals surface area contributed by atoms with Crippen LogP contribution in [0.25, 0.3) is 0 Å². The molecule has 0 aromatic rings. The summed E-state index contributed by atoms with van der Waals surface area (Å²) >= 11 is 0. The zero-order valence-electron chi connectivity index (χ0n) is 20.1. The van der Waals surface area contributed by atoms with Crippen LogP contribution in [-0.2, 0) is 19.2 Å². The van der Waals surface area contributed by atoms with Crippen LogP contribution in [0.4, 0.5) is 0 Å². The lowest BCUT2D eigenvalue weighted by molar-refractivity contribution is -0.142. The van der Waals surface area contributed by atoms with Gasteiger partial charge >= 0.3 is 5.97 Å². The van der Waals surface area contributed by atoms with Gasteiger partial charge < -0.3 is 20.4 Å². The number of carboxylic acids is 1. The van der Waals surface area contributed by atoms with Crippen LogP contribution in [0.5, 0.6) is 0 Å². The molecule has 0 aromatic carbocycles. The zero-order chi connectivity index (χ0) is 25.6. The van der Waals surface area contributed by atoms with Gasteiger partial charge in [-0.2, -0.15) is 0 Å². The Morgan fingerprint density at radius 3 is 1.03 bits per heavy atom. The molecule has 0 aliphatic heterocycles. The van der Waals surface area contributed by atoms with Crippen molar-refractivity contribution in [2.45, 2.75) is 81.1 Å². The molecule has 0 aromatic heterocycles. The average molecular weight is 445 g/mol. The maximum atomic E-state index is 10.4. The Hall–Kier alpha value is -2.90. The van der Waals surface area contributed by atoms with Gasteiger partial charge in [0.05, 0.1) is 23.2 Å². The fraction of sp³-hybridized carbons (Fsp3) is 0.565. The second kappa shape index (κ2) is 23.4. The first kappa shape index (κ1) is 35.5. The molecule has 0 heterocycles. The molecule has 1 atom stereocenters.